The van der Waals surface area contributed by atoms with Crippen molar-refractivity contribution in [2.75, 3.05) is 0 Å². The van der Waals surface area contributed by atoms with E-state index in [2.05, 4.69) is 4.98 Å². The van der Waals surface area contributed by atoms with Crippen LogP contribution in [0.5, 0.6) is 5.75 Å². The molecule has 2 aromatic carbocycles. The molecule has 0 spiro atoms. The highest BCUT2D eigenvalue weighted by atomic mass is 19.1. The zero-order chi connectivity index (χ0) is 14.7. The molecule has 0 unspecified atom stereocenters. The van der Waals surface area contributed by atoms with Crippen LogP contribution >= 0.6 is 0 Å². The molecule has 0 amide bonds. The van der Waals surface area contributed by atoms with Crippen molar-refractivity contribution in [3.63, 3.8) is 0 Å². The second kappa shape index (κ2) is 5.59. The first-order chi connectivity index (χ1) is 10.3. The Hall–Kier alpha value is -2.93. The Bertz CT molecular complexity index is 840. The van der Waals surface area contributed by atoms with E-state index in [9.17, 15) is 4.39 Å². The Labute approximate surface area is 121 Å². The van der Waals surface area contributed by atoms with E-state index in [-0.39, 0.29) is 12.2 Å². The van der Waals surface area contributed by atoms with E-state index in [1.165, 1.54) is 12.1 Å². The Balaban J connectivity index is 1.77. The van der Waals surface area contributed by atoms with E-state index >= 15 is 0 Å². The molecule has 1 aromatic heterocycles. The fourth-order valence-electron chi connectivity index (χ4n) is 2.02. The van der Waals surface area contributed by atoms with Crippen LogP contribution in [0.2, 0.25) is 0 Å². The maximum atomic E-state index is 13.5. The lowest BCUT2D eigenvalue weighted by molar-refractivity contribution is 0.300. The molecule has 3 rings (SSSR count). The van der Waals surface area contributed by atoms with Gasteiger partial charge in [-0.15, -0.1) is 0 Å². The molecule has 0 saturated carbocycles. The molecule has 0 radical (unpaired) electrons. The van der Waals surface area contributed by atoms with Gasteiger partial charge >= 0.3 is 0 Å². The van der Waals surface area contributed by atoms with E-state index < -0.39 is 5.82 Å². The number of benzene rings is 2. The lowest BCUT2D eigenvalue weighted by atomic mass is 10.2. The predicted molar refractivity (Wildman–Crippen MR) is 77.2 cm³/mol. The lowest BCUT2D eigenvalue weighted by Gasteiger charge is -2.07. The number of hydrogen-bond donors (Lipinski definition) is 0. The number of ether oxygens (including phenoxy) is 1. The number of aromatic nitrogens is 1. The van der Waals surface area contributed by atoms with Gasteiger partial charge in [0.15, 0.2) is 0 Å². The van der Waals surface area contributed by atoms with Gasteiger partial charge in [-0.25, -0.2) is 9.37 Å². The van der Waals surface area contributed by atoms with Crippen LogP contribution in [0.1, 0.15) is 11.3 Å². The Morgan fingerprint density at radius 1 is 1.10 bits per heavy atom. The first-order valence-corrected chi connectivity index (χ1v) is 6.43. The molecule has 3 nitrogen and oxygen atoms in total. The molecule has 0 aliphatic rings. The molecule has 0 aliphatic heterocycles. The van der Waals surface area contributed by atoms with Crippen molar-refractivity contribution in [3.8, 4) is 11.8 Å². The monoisotopic (exact) mass is 278 g/mol. The van der Waals surface area contributed by atoms with Gasteiger partial charge in [0, 0.05) is 11.5 Å². The first-order valence-electron chi connectivity index (χ1n) is 6.43. The second-order valence-electron chi connectivity index (χ2n) is 4.54. The van der Waals surface area contributed by atoms with Crippen LogP contribution in [0.3, 0.4) is 0 Å². The molecular weight excluding hydrogens is 267 g/mol. The summed E-state index contributed by atoms with van der Waals surface area (Å²) in [5.74, 6) is -0.206. The van der Waals surface area contributed by atoms with Crippen LogP contribution in [0.4, 0.5) is 4.39 Å². The maximum absolute atomic E-state index is 13.5. The zero-order valence-electron chi connectivity index (χ0n) is 11.1. The smallest absolute Gasteiger partial charge is 0.144 e. The highest BCUT2D eigenvalue weighted by Crippen LogP contribution is 2.18. The van der Waals surface area contributed by atoms with E-state index in [1.807, 2.05) is 36.4 Å². The van der Waals surface area contributed by atoms with E-state index in [1.54, 1.807) is 12.1 Å². The summed E-state index contributed by atoms with van der Waals surface area (Å²) in [6.45, 7) is 0.246. The van der Waals surface area contributed by atoms with E-state index in [4.69, 9.17) is 10.00 Å². The molecule has 0 fully saturated rings. The molecule has 4 heteroatoms. The van der Waals surface area contributed by atoms with Crippen LogP contribution in [0.15, 0.2) is 54.6 Å². The summed E-state index contributed by atoms with van der Waals surface area (Å²) < 4.78 is 19.0. The van der Waals surface area contributed by atoms with Crippen molar-refractivity contribution < 1.29 is 9.13 Å². The standard InChI is InChI=1S/C17H11FN2O/c18-16-9-15(8-6-13(16)10-19)21-11-14-7-5-12-3-1-2-4-17(12)20-14/h1-9H,11H2. The third-order valence-electron chi connectivity index (χ3n) is 3.10. The van der Waals surface area contributed by atoms with Crippen LogP contribution in [0, 0.1) is 17.1 Å². The second-order valence-corrected chi connectivity index (χ2v) is 4.54. The molecular formula is C17H11FN2O. The molecule has 0 aliphatic carbocycles. The van der Waals surface area contributed by atoms with Crippen LogP contribution < -0.4 is 4.74 Å². The number of nitriles is 1. The highest BCUT2D eigenvalue weighted by molar-refractivity contribution is 5.78. The van der Waals surface area contributed by atoms with Crippen molar-refractivity contribution >= 4 is 10.9 Å². The highest BCUT2D eigenvalue weighted by Gasteiger charge is 2.04. The van der Waals surface area contributed by atoms with Gasteiger partial charge in [-0.1, -0.05) is 24.3 Å². The van der Waals surface area contributed by atoms with E-state index in [0.29, 0.717) is 5.75 Å². The molecule has 0 N–H and O–H groups in total. The summed E-state index contributed by atoms with van der Waals surface area (Å²) in [6, 6.07) is 17.6. The number of fused-ring (bicyclic) bond motifs is 1. The summed E-state index contributed by atoms with van der Waals surface area (Å²) in [6.07, 6.45) is 0. The van der Waals surface area contributed by atoms with Crippen LogP contribution in [0.25, 0.3) is 10.9 Å². The summed E-state index contributed by atoms with van der Waals surface area (Å²) in [4.78, 5) is 4.48. The molecule has 0 saturated heterocycles. The van der Waals surface area contributed by atoms with Gasteiger partial charge in [-0.2, -0.15) is 5.26 Å². The zero-order valence-corrected chi connectivity index (χ0v) is 11.1. The molecule has 21 heavy (non-hydrogen) atoms. The van der Waals surface area contributed by atoms with Gasteiger partial charge in [0.1, 0.15) is 24.2 Å². The van der Waals surface area contributed by atoms with Crippen molar-refractivity contribution in [1.82, 2.24) is 4.98 Å². The minimum Gasteiger partial charge on any atom is -0.487 e. The number of halogens is 1. The lowest BCUT2D eigenvalue weighted by Crippen LogP contribution is -1.99. The van der Waals surface area contributed by atoms with Crippen LogP contribution in [-0.2, 0) is 6.61 Å². The van der Waals surface area contributed by atoms with Gasteiger partial charge in [0.25, 0.3) is 0 Å². The molecule has 1 heterocycles. The average molecular weight is 278 g/mol. The fourth-order valence-corrected chi connectivity index (χ4v) is 2.02. The number of rotatable bonds is 3. The summed E-state index contributed by atoms with van der Waals surface area (Å²) in [5.41, 5.74) is 1.66. The fraction of sp³-hybridized carbons (Fsp3) is 0.0588. The van der Waals surface area contributed by atoms with Gasteiger partial charge in [-0.3, -0.25) is 0 Å². The molecule has 102 valence electrons. The largest absolute Gasteiger partial charge is 0.487 e. The van der Waals surface area contributed by atoms with E-state index in [0.717, 1.165) is 16.6 Å². The molecule has 0 atom stereocenters. The topological polar surface area (TPSA) is 45.9 Å². The van der Waals surface area contributed by atoms with Crippen molar-refractivity contribution in [2.45, 2.75) is 6.61 Å². The molecule has 0 bridgehead atoms. The number of hydrogen-bond acceptors (Lipinski definition) is 3. The van der Waals surface area contributed by atoms with Gasteiger partial charge in [0.2, 0.25) is 0 Å². The van der Waals surface area contributed by atoms with Gasteiger partial charge in [0.05, 0.1) is 16.8 Å². The Morgan fingerprint density at radius 3 is 2.76 bits per heavy atom. The quantitative estimate of drug-likeness (QED) is 0.731. The minimum atomic E-state index is -0.582. The normalized spacial score (nSPS) is 10.3. The summed E-state index contributed by atoms with van der Waals surface area (Å²) >= 11 is 0. The Kier molecular flexibility index (Phi) is 3.48. The minimum absolute atomic E-state index is 0.00572. The summed E-state index contributed by atoms with van der Waals surface area (Å²) in [5, 5.41) is 9.74. The number of nitrogens with zero attached hydrogens (tertiary/aromatic N) is 2. The first kappa shape index (κ1) is 13.1. The van der Waals surface area contributed by atoms with Gasteiger partial charge < -0.3 is 4.74 Å². The third kappa shape index (κ3) is 2.82. The van der Waals surface area contributed by atoms with Crippen molar-refractivity contribution in [1.29, 1.82) is 5.26 Å². The average Bonchev–Trinajstić information content (AvgIpc) is 2.53. The third-order valence-corrected chi connectivity index (χ3v) is 3.10. The van der Waals surface area contributed by atoms with Crippen LogP contribution in [-0.4, -0.2) is 4.98 Å². The summed E-state index contributed by atoms with van der Waals surface area (Å²) in [7, 11) is 0. The number of para-hydroxylation sites is 1. The maximum Gasteiger partial charge on any atom is 0.144 e. The van der Waals surface area contributed by atoms with Crippen molar-refractivity contribution in [2.24, 2.45) is 0 Å². The predicted octanol–water partition coefficient (Wildman–Crippen LogP) is 3.82. The number of pyridine rings is 1. The van der Waals surface area contributed by atoms with Crippen molar-refractivity contribution in [3.05, 3.63) is 71.7 Å². The Morgan fingerprint density at radius 2 is 1.95 bits per heavy atom. The molecule has 3 aromatic rings. The van der Waals surface area contributed by atoms with Gasteiger partial charge in [-0.05, 0) is 24.3 Å². The SMILES string of the molecule is N#Cc1ccc(OCc2ccc3ccccc3n2)cc1F.